The van der Waals surface area contributed by atoms with Crippen molar-refractivity contribution >= 4 is 131 Å². The Morgan fingerprint density at radius 2 is 0.632 bits per heavy atom. The normalized spacial score (nSPS) is 12.7. The number of rotatable bonds is 62. The molecular weight excluding hydrogens is 1510 g/mol. The van der Waals surface area contributed by atoms with Gasteiger partial charge in [-0.05, 0) is 91.1 Å². The number of aliphatic carboxylic acids is 6. The fourth-order valence-electron chi connectivity index (χ4n) is 9.97. The molecule has 0 saturated carbocycles. The number of carbonyl (C=O) groups excluding carboxylic acids is 10. The number of carboxylic acid groups (broad SMARTS) is 8. The van der Waals surface area contributed by atoms with Crippen LogP contribution < -0.4 is 48.3 Å². The van der Waals surface area contributed by atoms with Gasteiger partial charge in [-0.25, -0.2) is 9.59 Å². The van der Waals surface area contributed by atoms with E-state index in [4.69, 9.17) is 34.2 Å². The summed E-state index contributed by atoms with van der Waals surface area (Å²) in [5, 5.41) is 94.4. The summed E-state index contributed by atoms with van der Waals surface area (Å²) in [4.78, 5) is 224. The van der Waals surface area contributed by atoms with Gasteiger partial charge in [0.25, 0.3) is 11.8 Å². The quantitative estimate of drug-likeness (QED) is 0.0133. The first-order valence-corrected chi connectivity index (χ1v) is 35.3. The highest BCUT2D eigenvalue weighted by molar-refractivity contribution is 6.46. The second-order valence-corrected chi connectivity index (χ2v) is 24.6. The van der Waals surface area contributed by atoms with E-state index in [2.05, 4.69) is 31.9 Å². The zero-order valence-corrected chi connectivity index (χ0v) is 61.7. The number of benzene rings is 3. The van der Waals surface area contributed by atoms with Crippen molar-refractivity contribution in [1.82, 2.24) is 42.5 Å². The Kier molecular flexibility index (Phi) is 45.5. The minimum Gasteiger partial charge on any atom is -0.481 e. The van der Waals surface area contributed by atoms with Crippen LogP contribution in [0.2, 0.25) is 0 Å². The molecule has 0 aromatic heterocycles. The lowest BCUT2D eigenvalue weighted by atomic mass is 9.93. The van der Waals surface area contributed by atoms with Crippen LogP contribution in [0, 0.1) is 0 Å². The van der Waals surface area contributed by atoms with Gasteiger partial charge in [-0.1, -0.05) is 60.7 Å². The number of hydrogen-bond donors (Lipinski definition) is 17. The van der Waals surface area contributed by atoms with Crippen LogP contribution in [-0.2, 0) is 100 Å². The largest absolute Gasteiger partial charge is 0.481 e. The standard InChI is InChI=1S/C73H93N9O32/c74-56(83)40-112-36-33-109-30-28-76-52(17-23-61(90)91)68(101)79-54(19-25-63(94)95)70(103)82-58(85)42-114-38-35-111-32-29-77-53(18-24-62(92)93)69(102)80-55(20-26-64(96)97)71(104)81-57(84)41-113-37-34-110-31-27-75-51(16-22-60(88)89)67(100)78-50(15-21-59(86)87)66(99)65(98)49-39-45(2-1-43-4-11-47(12-5-43)72(105)106)8-10-46(49)9-3-44-6-13-48(14-7-44)73(107)108/h1-14,39,50-55,75-77H,15-38,40-42H2,(H2,74,83)(H,78,100)(H,79,101)(H,80,102)(H,86,87)(H,88,89)(H,90,91)(H,92,93)(H,94,95)(H,96,97)(H,105,106)(H,107,108)(H,81,84,104)(H,82,85,103)/b2-1+,9-3+/t50-,51-,52-,53-,54-,55-/m0/s1. The van der Waals surface area contributed by atoms with E-state index in [1.165, 1.54) is 72.8 Å². The lowest BCUT2D eigenvalue weighted by Crippen LogP contribution is -2.54. The summed E-state index contributed by atoms with van der Waals surface area (Å²) in [6.45, 7) is -3.52. The van der Waals surface area contributed by atoms with Crippen molar-refractivity contribution in [3.63, 3.8) is 0 Å². The number of amides is 8. The van der Waals surface area contributed by atoms with Gasteiger partial charge in [0.1, 0.15) is 31.9 Å². The summed E-state index contributed by atoms with van der Waals surface area (Å²) in [6, 6.07) is 6.96. The monoisotopic (exact) mass is 1610 g/mol. The molecule has 0 radical (unpaired) electrons. The molecule has 0 heterocycles. The number of ether oxygens (including phenoxy) is 6. The van der Waals surface area contributed by atoms with Gasteiger partial charge in [-0.3, -0.25) is 87.3 Å². The lowest BCUT2D eigenvalue weighted by molar-refractivity contribution is -0.140. The minimum atomic E-state index is -1.77. The fraction of sp³-hybridized carbons (Fsp3) is 0.452. The number of primary amides is 1. The second kappa shape index (κ2) is 53.8. The van der Waals surface area contributed by atoms with Crippen LogP contribution in [-0.4, -0.2) is 283 Å². The smallest absolute Gasteiger partial charge is 0.335 e. The third-order valence-corrected chi connectivity index (χ3v) is 15.8. The van der Waals surface area contributed by atoms with Crippen LogP contribution in [0.25, 0.3) is 24.3 Å². The summed E-state index contributed by atoms with van der Waals surface area (Å²) in [5.74, 6) is -20.7. The summed E-state index contributed by atoms with van der Waals surface area (Å²) >= 11 is 0. The average Bonchev–Trinajstić information content (AvgIpc) is 0.774. The predicted molar refractivity (Wildman–Crippen MR) is 393 cm³/mol. The minimum absolute atomic E-state index is 0.000506. The van der Waals surface area contributed by atoms with Crippen molar-refractivity contribution in [2.24, 2.45) is 5.73 Å². The molecule has 622 valence electrons. The molecule has 8 amide bonds. The van der Waals surface area contributed by atoms with E-state index < -0.39 is 214 Å². The Morgan fingerprint density at radius 1 is 0.333 bits per heavy atom. The summed E-state index contributed by atoms with van der Waals surface area (Å²) in [7, 11) is 0. The first-order valence-electron chi connectivity index (χ1n) is 35.3. The van der Waals surface area contributed by atoms with Crippen LogP contribution in [0.4, 0.5) is 0 Å². The molecule has 41 nitrogen and oxygen atoms in total. The molecule has 0 bridgehead atoms. The molecule has 41 heteroatoms. The van der Waals surface area contributed by atoms with Crippen molar-refractivity contribution in [1.29, 1.82) is 0 Å². The molecule has 3 aromatic carbocycles. The highest BCUT2D eigenvalue weighted by Gasteiger charge is 2.34. The number of nitrogens with one attached hydrogen (secondary N) is 8. The fourth-order valence-corrected chi connectivity index (χ4v) is 9.97. The lowest BCUT2D eigenvalue weighted by Gasteiger charge is -2.22. The average molecular weight is 1610 g/mol. The zero-order chi connectivity index (χ0) is 84.5. The third-order valence-electron chi connectivity index (χ3n) is 15.8. The predicted octanol–water partition coefficient (Wildman–Crippen LogP) is -1.44. The van der Waals surface area contributed by atoms with E-state index in [1.54, 1.807) is 18.2 Å². The van der Waals surface area contributed by atoms with Gasteiger partial charge in [-0.2, -0.15) is 0 Å². The van der Waals surface area contributed by atoms with Crippen molar-refractivity contribution in [2.75, 3.05) is 98.9 Å². The Labute approximate surface area is 650 Å². The van der Waals surface area contributed by atoms with Crippen LogP contribution in [0.5, 0.6) is 0 Å². The van der Waals surface area contributed by atoms with E-state index in [1.807, 2.05) is 10.6 Å². The summed E-state index contributed by atoms with van der Waals surface area (Å²) in [6.07, 6.45) is -0.173. The second-order valence-electron chi connectivity index (χ2n) is 24.6. The Morgan fingerprint density at radius 3 is 0.974 bits per heavy atom. The Hall–Kier alpha value is -12.0. The molecule has 0 spiro atoms. The molecule has 114 heavy (non-hydrogen) atoms. The van der Waals surface area contributed by atoms with Crippen molar-refractivity contribution in [3.05, 3.63) is 106 Å². The number of ketones is 2. The number of Topliss-reactive ketones (excluding diaryl/α,β-unsaturated/α-hetero) is 2. The molecule has 0 unspecified atom stereocenters. The SMILES string of the molecule is NC(=O)COCCOCCN[C@@H](CCC(=O)O)C(=O)N[C@@H](CCC(=O)O)C(=O)NC(=O)COCCOCCN[C@@H](CCC(=O)O)C(=O)N[C@@H](CCC(=O)O)C(=O)NC(=O)COCCOCCN[C@@H](CCC(=O)O)C(=O)N[C@@H](CCC(=O)O)C(=O)C(=O)c1cc(/C=C/c2ccc(C(=O)O)cc2)ccc1/C=C/c1ccc(C(=O)O)cc1. The summed E-state index contributed by atoms with van der Waals surface area (Å²) < 4.78 is 31.8. The number of hydrogen-bond acceptors (Lipinski definition) is 27. The number of nitrogens with two attached hydrogens (primary N) is 1. The Bertz CT molecular complexity index is 3870. The first-order chi connectivity index (χ1) is 54.2. The molecule has 0 aliphatic carbocycles. The van der Waals surface area contributed by atoms with Crippen LogP contribution in [0.15, 0.2) is 66.7 Å². The number of aromatic carboxylic acids is 2. The van der Waals surface area contributed by atoms with Gasteiger partial charge < -0.3 is 107 Å². The van der Waals surface area contributed by atoms with Gasteiger partial charge in [0.05, 0.1) is 94.8 Å². The molecule has 18 N–H and O–H groups in total. The van der Waals surface area contributed by atoms with E-state index in [9.17, 15) is 127 Å². The summed E-state index contributed by atoms with van der Waals surface area (Å²) in [5.41, 5.74) is 6.43. The topological polar surface area (TPSA) is 647 Å². The number of carboxylic acids is 8. The van der Waals surface area contributed by atoms with E-state index in [0.29, 0.717) is 16.7 Å². The van der Waals surface area contributed by atoms with E-state index in [0.717, 1.165) is 0 Å². The van der Waals surface area contributed by atoms with Crippen molar-refractivity contribution in [3.8, 4) is 0 Å². The van der Waals surface area contributed by atoms with E-state index >= 15 is 0 Å². The van der Waals surface area contributed by atoms with Crippen molar-refractivity contribution < 1.29 is 156 Å². The molecule has 0 fully saturated rings. The van der Waals surface area contributed by atoms with Crippen LogP contribution >= 0.6 is 0 Å². The maximum absolute atomic E-state index is 14.3. The van der Waals surface area contributed by atoms with Crippen LogP contribution in [0.1, 0.15) is 130 Å². The van der Waals surface area contributed by atoms with Crippen molar-refractivity contribution in [2.45, 2.75) is 113 Å². The molecular formula is C73H93N9O32. The molecule has 0 saturated heterocycles. The van der Waals surface area contributed by atoms with E-state index in [-0.39, 0.29) is 127 Å². The third kappa shape index (κ3) is 41.4. The number of imide groups is 2. The Balaban J connectivity index is 1.55. The van der Waals surface area contributed by atoms with Gasteiger partial charge in [0, 0.05) is 63.7 Å². The van der Waals surface area contributed by atoms with Gasteiger partial charge in [0.2, 0.25) is 47.0 Å². The molecule has 0 aliphatic rings. The molecule has 3 aromatic rings. The van der Waals surface area contributed by atoms with Gasteiger partial charge in [0.15, 0.2) is 0 Å². The molecule has 3 rings (SSSR count). The van der Waals surface area contributed by atoms with Gasteiger partial charge >= 0.3 is 47.8 Å². The first kappa shape index (κ1) is 96.2. The highest BCUT2D eigenvalue weighted by Crippen LogP contribution is 2.22. The van der Waals surface area contributed by atoms with Crippen LogP contribution in [0.3, 0.4) is 0 Å². The molecule has 6 atom stereocenters. The maximum Gasteiger partial charge on any atom is 0.335 e. The zero-order valence-electron chi connectivity index (χ0n) is 61.7. The maximum atomic E-state index is 14.3. The highest BCUT2D eigenvalue weighted by atomic mass is 16.5. The van der Waals surface area contributed by atoms with Gasteiger partial charge in [-0.15, -0.1) is 0 Å². The number of carbonyl (C=O) groups is 18. The molecule has 0 aliphatic heterocycles.